The molecule has 268 valence electrons. The molecule has 0 fully saturated rings. The zero-order valence-corrected chi connectivity index (χ0v) is 29.7. The highest BCUT2D eigenvalue weighted by molar-refractivity contribution is 6.62. The summed E-state index contributed by atoms with van der Waals surface area (Å²) in [5.74, 6) is -1.67. The summed E-state index contributed by atoms with van der Waals surface area (Å²) in [6.45, 7) is 2.12. The molecule has 4 aromatic carbocycles. The molecule has 3 amide bonds. The highest BCUT2D eigenvalue weighted by Crippen LogP contribution is 2.32. The number of nitrogens with zero attached hydrogens (tertiary/aromatic N) is 3. The monoisotopic (exact) mass is 720 g/mol. The molecule has 0 saturated heterocycles. The molecule has 0 bridgehead atoms. The van der Waals surface area contributed by atoms with Crippen molar-refractivity contribution >= 4 is 34.1 Å². The van der Waals surface area contributed by atoms with E-state index >= 15 is 0 Å². The third-order valence-electron chi connectivity index (χ3n) is 8.27. The van der Waals surface area contributed by atoms with Crippen molar-refractivity contribution in [3.63, 3.8) is 0 Å². The van der Waals surface area contributed by atoms with Crippen LogP contribution in [0.3, 0.4) is 0 Å². The summed E-state index contributed by atoms with van der Waals surface area (Å²) in [6.07, 6.45) is 3.97. The Hall–Kier alpha value is -4.93. The topological polar surface area (TPSA) is 55.9 Å². The number of amides is 3. The van der Waals surface area contributed by atoms with Crippen molar-refractivity contribution in [2.75, 3.05) is 54.4 Å². The van der Waals surface area contributed by atoms with Gasteiger partial charge in [0.25, 0.3) is 0 Å². The maximum absolute atomic E-state index is 14.2. The van der Waals surface area contributed by atoms with Crippen molar-refractivity contribution in [3.05, 3.63) is 155 Å². The van der Waals surface area contributed by atoms with Crippen molar-refractivity contribution in [2.24, 2.45) is 0 Å². The lowest BCUT2D eigenvalue weighted by Gasteiger charge is -2.34. The summed E-state index contributed by atoms with van der Waals surface area (Å²) < 4.78 is 55.0. The lowest BCUT2D eigenvalue weighted by molar-refractivity contribution is 0.174. The van der Waals surface area contributed by atoms with Gasteiger partial charge < -0.3 is 20.0 Å². The first kappa shape index (κ1) is 38.9. The first-order valence-corrected chi connectivity index (χ1v) is 16.7. The van der Waals surface area contributed by atoms with Crippen LogP contribution in [0.2, 0.25) is 0 Å². The maximum Gasteiger partial charge on any atom is 0.319 e. The van der Waals surface area contributed by atoms with Crippen molar-refractivity contribution < 1.29 is 27.2 Å². The minimum absolute atomic E-state index is 0.0727. The van der Waals surface area contributed by atoms with E-state index in [-0.39, 0.29) is 35.8 Å². The van der Waals surface area contributed by atoms with Crippen LogP contribution in [0.25, 0.3) is 11.1 Å². The first-order valence-electron chi connectivity index (χ1n) is 16.3. The van der Waals surface area contributed by atoms with E-state index in [1.807, 2.05) is 72.8 Å². The van der Waals surface area contributed by atoms with E-state index in [4.69, 9.17) is 11.6 Å². The van der Waals surface area contributed by atoms with Gasteiger partial charge in [0.15, 0.2) is 0 Å². The van der Waals surface area contributed by atoms with E-state index in [1.54, 1.807) is 33.1 Å². The number of halogens is 5. The van der Waals surface area contributed by atoms with Gasteiger partial charge in [-0.1, -0.05) is 72.8 Å². The second-order valence-corrected chi connectivity index (χ2v) is 12.8. The number of carbonyl (C=O) groups is 2. The maximum atomic E-state index is 14.2. The number of hydrogen-bond acceptors (Lipinski definition) is 3. The zero-order valence-electron chi connectivity index (χ0n) is 28.9. The van der Waals surface area contributed by atoms with Crippen LogP contribution in [0, 0.1) is 23.3 Å². The van der Waals surface area contributed by atoms with Crippen LogP contribution in [0.15, 0.2) is 109 Å². The van der Waals surface area contributed by atoms with Crippen molar-refractivity contribution in [1.82, 2.24) is 20.0 Å². The van der Waals surface area contributed by atoms with E-state index in [9.17, 15) is 27.2 Å². The summed E-state index contributed by atoms with van der Waals surface area (Å²) in [5, 5.41) is 2.84. The minimum atomic E-state index is -0.496. The van der Waals surface area contributed by atoms with Gasteiger partial charge >= 0.3 is 11.4 Å². The van der Waals surface area contributed by atoms with E-state index in [2.05, 4.69) is 5.32 Å². The standard InChI is InChI=1S/C20H20F2N2O.C17H15F2N.C3H6ClNO/c1-23(2)20(25)24-12-15(14-6-4-3-5-7-14)10-16(13-24)18-11-17(21)8-9-19(18)22;18-15-6-7-17(19)16(9-15)14-8-13(10-20-11-14)12-4-2-1-3-5-12;1-5(2)3(4)6/h3-11,15H,12-13H2,1-2H3;1-9,13,20H,10-11H2;1-2H3. The average molecular weight is 721 g/mol. The van der Waals surface area contributed by atoms with Crippen LogP contribution in [-0.4, -0.2) is 80.5 Å². The number of carbonyl (C=O) groups excluding carboxylic acids is 2. The molecule has 2 heterocycles. The fourth-order valence-corrected chi connectivity index (χ4v) is 5.67. The fourth-order valence-electron chi connectivity index (χ4n) is 5.67. The van der Waals surface area contributed by atoms with Crippen LogP contribution in [0.1, 0.15) is 34.1 Å². The molecule has 2 aliphatic heterocycles. The van der Waals surface area contributed by atoms with E-state index < -0.39 is 22.8 Å². The molecule has 6 nitrogen and oxygen atoms in total. The Morgan fingerprint density at radius 2 is 1.16 bits per heavy atom. The van der Waals surface area contributed by atoms with E-state index in [1.165, 1.54) is 33.6 Å². The van der Waals surface area contributed by atoms with Crippen LogP contribution in [0.4, 0.5) is 27.2 Å². The van der Waals surface area contributed by atoms with Gasteiger partial charge in [-0.2, -0.15) is 0 Å². The average Bonchev–Trinajstić information content (AvgIpc) is 3.14. The summed E-state index contributed by atoms with van der Waals surface area (Å²) in [4.78, 5) is 26.7. The molecule has 0 aromatic heterocycles. The van der Waals surface area contributed by atoms with Gasteiger partial charge in [0, 0.05) is 77.3 Å². The molecule has 4 aromatic rings. The molecule has 51 heavy (non-hydrogen) atoms. The van der Waals surface area contributed by atoms with Gasteiger partial charge in [0.1, 0.15) is 23.3 Å². The predicted molar refractivity (Wildman–Crippen MR) is 195 cm³/mol. The SMILES string of the molecule is CN(C)C(=O)Cl.CN(C)C(=O)N1CC(c2cc(F)ccc2F)=CC(c2ccccc2)C1.Fc1ccc(F)c(C2=CC(c3ccccc3)CNC2)c1. The predicted octanol–water partition coefficient (Wildman–Crippen LogP) is 8.77. The molecule has 0 radical (unpaired) electrons. The van der Waals surface area contributed by atoms with Gasteiger partial charge in [0.2, 0.25) is 0 Å². The van der Waals surface area contributed by atoms with Gasteiger partial charge in [-0.15, -0.1) is 0 Å². The molecule has 11 heteroatoms. The fraction of sp³-hybridized carbons (Fsp3) is 0.250. The van der Waals surface area contributed by atoms with Crippen molar-refractivity contribution in [2.45, 2.75) is 11.8 Å². The Kier molecular flexibility index (Phi) is 14.0. The van der Waals surface area contributed by atoms with Crippen LogP contribution in [-0.2, 0) is 0 Å². The van der Waals surface area contributed by atoms with Crippen LogP contribution < -0.4 is 5.32 Å². The van der Waals surface area contributed by atoms with Crippen molar-refractivity contribution in [3.8, 4) is 0 Å². The second-order valence-electron chi connectivity index (χ2n) is 12.5. The number of rotatable bonds is 4. The van der Waals surface area contributed by atoms with Crippen LogP contribution in [0.5, 0.6) is 0 Å². The smallest absolute Gasteiger partial charge is 0.319 e. The summed E-state index contributed by atoms with van der Waals surface area (Å²) in [7, 11) is 6.55. The molecule has 0 spiro atoms. The molecular formula is C40H41ClF4N4O2. The molecule has 2 aliphatic rings. The highest BCUT2D eigenvalue weighted by atomic mass is 35.5. The number of benzene rings is 4. The molecule has 2 unspecified atom stereocenters. The Labute approximate surface area is 301 Å². The lowest BCUT2D eigenvalue weighted by atomic mass is 9.90. The molecule has 0 aliphatic carbocycles. The third-order valence-corrected chi connectivity index (χ3v) is 8.61. The summed E-state index contributed by atoms with van der Waals surface area (Å²) in [6, 6.07) is 26.6. The van der Waals surface area contributed by atoms with Gasteiger partial charge in [-0.25, -0.2) is 22.4 Å². The number of hydrogen-bond donors (Lipinski definition) is 1. The Morgan fingerprint density at radius 3 is 1.65 bits per heavy atom. The van der Waals surface area contributed by atoms with Crippen LogP contribution >= 0.6 is 11.6 Å². The minimum Gasteiger partial charge on any atom is -0.335 e. The van der Waals surface area contributed by atoms with E-state index in [0.29, 0.717) is 24.2 Å². The third kappa shape index (κ3) is 11.0. The number of nitrogens with one attached hydrogen (secondary N) is 1. The Morgan fingerprint density at radius 1 is 0.686 bits per heavy atom. The highest BCUT2D eigenvalue weighted by Gasteiger charge is 2.28. The zero-order chi connectivity index (χ0) is 37.1. The molecule has 2 atom stereocenters. The lowest BCUT2D eigenvalue weighted by Crippen LogP contribution is -2.44. The van der Waals surface area contributed by atoms with Gasteiger partial charge in [-0.3, -0.25) is 4.79 Å². The first-order chi connectivity index (χ1) is 24.3. The quantitative estimate of drug-likeness (QED) is 0.130. The van der Waals surface area contributed by atoms with Gasteiger partial charge in [0.05, 0.1) is 0 Å². The second kappa shape index (κ2) is 18.3. The molecule has 1 N–H and O–H groups in total. The Balaban J connectivity index is 0.000000201. The summed E-state index contributed by atoms with van der Waals surface area (Å²) in [5.41, 5.74) is 4.19. The molecule has 6 rings (SSSR count). The number of urea groups is 1. The van der Waals surface area contributed by atoms with E-state index in [0.717, 1.165) is 35.9 Å². The normalized spacial score (nSPS) is 16.7. The molecular weight excluding hydrogens is 680 g/mol. The largest absolute Gasteiger partial charge is 0.335 e. The van der Waals surface area contributed by atoms with Crippen molar-refractivity contribution in [1.29, 1.82) is 0 Å². The summed E-state index contributed by atoms with van der Waals surface area (Å²) >= 11 is 4.90. The Bertz CT molecular complexity index is 1850. The molecule has 0 saturated carbocycles. The van der Waals surface area contributed by atoms with Gasteiger partial charge in [-0.05, 0) is 70.3 Å².